The molecule has 0 radical (unpaired) electrons. The minimum Gasteiger partial charge on any atom is -0.473 e. The minimum atomic E-state index is -0.610. The number of hydrogen-bond donors (Lipinski definition) is 2. The number of nitrogens with one attached hydrogen (secondary N) is 1. The molecule has 0 bridgehead atoms. The molecule has 0 saturated heterocycles. The first-order valence-electron chi connectivity index (χ1n) is 6.69. The van der Waals surface area contributed by atoms with E-state index in [1.165, 1.54) is 18.3 Å². The number of aliphatic hydroxyl groups is 1. The second-order valence-corrected chi connectivity index (χ2v) is 5.29. The van der Waals surface area contributed by atoms with Crippen molar-refractivity contribution in [2.45, 2.75) is 19.4 Å². The number of benzene rings is 1. The van der Waals surface area contributed by atoms with Crippen LogP contribution in [0.3, 0.4) is 0 Å². The summed E-state index contributed by atoms with van der Waals surface area (Å²) in [5.41, 5.74) is 2.04. The molecule has 1 aromatic heterocycles. The first-order valence-corrected chi connectivity index (χ1v) is 7.42. The van der Waals surface area contributed by atoms with Gasteiger partial charge in [-0.1, -0.05) is 6.07 Å². The van der Waals surface area contributed by atoms with Crippen LogP contribution in [-0.4, -0.2) is 39.7 Å². The maximum Gasteiger partial charge on any atom is 0.245 e. The molecule has 114 valence electrons. The molecule has 7 heteroatoms. The fraction of sp³-hybridized carbons (Fsp3) is 0.429. The van der Waals surface area contributed by atoms with Gasteiger partial charge in [0.25, 0.3) is 0 Å². The van der Waals surface area contributed by atoms with Crippen LogP contribution in [0.1, 0.15) is 11.1 Å². The van der Waals surface area contributed by atoms with Crippen molar-refractivity contribution in [2.75, 3.05) is 19.7 Å². The molecule has 1 atom stereocenters. The van der Waals surface area contributed by atoms with Gasteiger partial charge in [-0.2, -0.15) is 4.37 Å². The lowest BCUT2D eigenvalue weighted by molar-refractivity contribution is 0.104. The lowest BCUT2D eigenvalue weighted by Crippen LogP contribution is -2.32. The summed E-state index contributed by atoms with van der Waals surface area (Å²) in [6, 6.07) is 4.79. The van der Waals surface area contributed by atoms with E-state index in [-0.39, 0.29) is 12.4 Å². The Hall–Kier alpha value is -1.57. The first-order chi connectivity index (χ1) is 10.1. The highest BCUT2D eigenvalue weighted by Crippen LogP contribution is 2.10. The molecular weight excluding hydrogens is 293 g/mol. The summed E-state index contributed by atoms with van der Waals surface area (Å²) in [4.78, 5) is 0. The standard InChI is InChI=1S/C14H18FN3O2S/c1-10-6-12(15)3-2-11(10)4-5-16-7-13(19)9-20-14-8-17-21-18-14/h2-3,6,8,13,16,19H,4-5,7,9H2,1H3. The average molecular weight is 311 g/mol. The van der Waals surface area contributed by atoms with Gasteiger partial charge >= 0.3 is 0 Å². The van der Waals surface area contributed by atoms with Crippen LogP contribution in [0.15, 0.2) is 24.4 Å². The van der Waals surface area contributed by atoms with Gasteiger partial charge in [-0.25, -0.2) is 4.39 Å². The maximum absolute atomic E-state index is 13.0. The zero-order chi connectivity index (χ0) is 15.1. The van der Waals surface area contributed by atoms with Crippen molar-refractivity contribution in [3.63, 3.8) is 0 Å². The molecule has 1 heterocycles. The Morgan fingerprint density at radius 2 is 2.33 bits per heavy atom. The molecule has 0 amide bonds. The number of nitrogens with zero attached hydrogens (tertiary/aromatic N) is 2. The fourth-order valence-electron chi connectivity index (χ4n) is 1.89. The normalized spacial score (nSPS) is 12.3. The number of halogens is 1. The van der Waals surface area contributed by atoms with Crippen molar-refractivity contribution in [1.29, 1.82) is 0 Å². The van der Waals surface area contributed by atoms with Crippen LogP contribution >= 0.6 is 11.7 Å². The van der Waals surface area contributed by atoms with E-state index in [1.807, 2.05) is 6.92 Å². The molecule has 1 unspecified atom stereocenters. The summed E-state index contributed by atoms with van der Waals surface area (Å²) in [7, 11) is 0. The summed E-state index contributed by atoms with van der Waals surface area (Å²) in [6.07, 6.45) is 1.69. The number of hydrogen-bond acceptors (Lipinski definition) is 6. The number of aromatic nitrogens is 2. The number of aryl methyl sites for hydroxylation is 1. The van der Waals surface area contributed by atoms with Crippen LogP contribution in [0, 0.1) is 12.7 Å². The molecule has 1 aromatic carbocycles. The third-order valence-electron chi connectivity index (χ3n) is 3.02. The Kier molecular flexibility index (Phi) is 6.04. The second-order valence-electron chi connectivity index (χ2n) is 4.74. The van der Waals surface area contributed by atoms with E-state index in [0.717, 1.165) is 29.3 Å². The smallest absolute Gasteiger partial charge is 0.245 e. The van der Waals surface area contributed by atoms with Crippen LogP contribution in [-0.2, 0) is 6.42 Å². The van der Waals surface area contributed by atoms with Gasteiger partial charge in [0.2, 0.25) is 5.88 Å². The Morgan fingerprint density at radius 3 is 3.05 bits per heavy atom. The van der Waals surface area contributed by atoms with E-state index in [1.54, 1.807) is 6.07 Å². The first kappa shape index (κ1) is 15.8. The average Bonchev–Trinajstić information content (AvgIpc) is 2.96. The fourth-order valence-corrected chi connectivity index (χ4v) is 2.26. The zero-order valence-corrected chi connectivity index (χ0v) is 12.6. The molecule has 2 N–H and O–H groups in total. The van der Waals surface area contributed by atoms with E-state index in [9.17, 15) is 9.50 Å². The van der Waals surface area contributed by atoms with Crippen LogP contribution in [0.5, 0.6) is 5.88 Å². The topological polar surface area (TPSA) is 67.3 Å². The Balaban J connectivity index is 1.62. The van der Waals surface area contributed by atoms with Crippen LogP contribution in [0.25, 0.3) is 0 Å². The second kappa shape index (κ2) is 8.02. The van der Waals surface area contributed by atoms with Gasteiger partial charge in [-0.3, -0.25) is 0 Å². The highest BCUT2D eigenvalue weighted by molar-refractivity contribution is 6.99. The highest BCUT2D eigenvalue weighted by atomic mass is 32.1. The maximum atomic E-state index is 13.0. The van der Waals surface area contributed by atoms with Crippen molar-refractivity contribution in [3.8, 4) is 5.88 Å². The molecule has 0 spiro atoms. The van der Waals surface area contributed by atoms with E-state index < -0.39 is 6.10 Å². The summed E-state index contributed by atoms with van der Waals surface area (Å²) >= 11 is 1.06. The van der Waals surface area contributed by atoms with Crippen molar-refractivity contribution in [1.82, 2.24) is 14.1 Å². The molecule has 0 aliphatic rings. The van der Waals surface area contributed by atoms with Gasteiger partial charge in [0.05, 0.1) is 11.7 Å². The van der Waals surface area contributed by atoms with E-state index in [4.69, 9.17) is 4.74 Å². The summed E-state index contributed by atoms with van der Waals surface area (Å²) in [5, 5.41) is 12.9. The van der Waals surface area contributed by atoms with E-state index in [2.05, 4.69) is 14.1 Å². The highest BCUT2D eigenvalue weighted by Gasteiger charge is 2.06. The van der Waals surface area contributed by atoms with Gasteiger partial charge in [0.15, 0.2) is 0 Å². The summed E-state index contributed by atoms with van der Waals surface area (Å²) in [6.45, 7) is 3.20. The molecule has 0 aliphatic heterocycles. The number of rotatable bonds is 8. The number of aliphatic hydroxyl groups excluding tert-OH is 1. The van der Waals surface area contributed by atoms with Gasteiger partial charge in [-0.05, 0) is 43.1 Å². The summed E-state index contributed by atoms with van der Waals surface area (Å²) in [5.74, 6) is 0.217. The predicted molar refractivity (Wildman–Crippen MR) is 79.1 cm³/mol. The molecule has 5 nitrogen and oxygen atoms in total. The largest absolute Gasteiger partial charge is 0.473 e. The van der Waals surface area contributed by atoms with Gasteiger partial charge in [0.1, 0.15) is 24.7 Å². The molecule has 21 heavy (non-hydrogen) atoms. The Labute approximate surface area is 127 Å². The van der Waals surface area contributed by atoms with Crippen LogP contribution < -0.4 is 10.1 Å². The molecule has 0 aliphatic carbocycles. The van der Waals surface area contributed by atoms with Gasteiger partial charge in [-0.15, -0.1) is 4.37 Å². The predicted octanol–water partition coefficient (Wildman–Crippen LogP) is 1.56. The summed E-state index contributed by atoms with van der Waals surface area (Å²) < 4.78 is 25.9. The van der Waals surface area contributed by atoms with E-state index in [0.29, 0.717) is 19.0 Å². The third-order valence-corrected chi connectivity index (χ3v) is 3.48. The van der Waals surface area contributed by atoms with Crippen molar-refractivity contribution < 1.29 is 14.2 Å². The van der Waals surface area contributed by atoms with Crippen molar-refractivity contribution in [3.05, 3.63) is 41.3 Å². The zero-order valence-electron chi connectivity index (χ0n) is 11.8. The van der Waals surface area contributed by atoms with Crippen LogP contribution in [0.2, 0.25) is 0 Å². The SMILES string of the molecule is Cc1cc(F)ccc1CCNCC(O)COc1cnsn1. The molecule has 0 saturated carbocycles. The van der Waals surface area contributed by atoms with E-state index >= 15 is 0 Å². The van der Waals surface area contributed by atoms with Crippen LogP contribution in [0.4, 0.5) is 4.39 Å². The third kappa shape index (κ3) is 5.37. The monoisotopic (exact) mass is 311 g/mol. The lowest BCUT2D eigenvalue weighted by Gasteiger charge is -2.12. The Morgan fingerprint density at radius 1 is 1.48 bits per heavy atom. The molecular formula is C14H18FN3O2S. The molecule has 2 rings (SSSR count). The lowest BCUT2D eigenvalue weighted by atomic mass is 10.1. The van der Waals surface area contributed by atoms with Crippen molar-refractivity contribution in [2.24, 2.45) is 0 Å². The Bertz CT molecular complexity index is 551. The van der Waals surface area contributed by atoms with Gasteiger partial charge in [0, 0.05) is 6.54 Å². The number of ether oxygens (including phenoxy) is 1. The minimum absolute atomic E-state index is 0.175. The van der Waals surface area contributed by atoms with Gasteiger partial charge < -0.3 is 15.2 Å². The van der Waals surface area contributed by atoms with Crippen molar-refractivity contribution >= 4 is 11.7 Å². The molecule has 2 aromatic rings. The molecule has 0 fully saturated rings. The quantitative estimate of drug-likeness (QED) is 0.724.